The van der Waals surface area contributed by atoms with Crippen molar-refractivity contribution in [2.24, 2.45) is 21.8 Å². The van der Waals surface area contributed by atoms with Crippen LogP contribution in [0.25, 0.3) is 15.7 Å². The number of allylic oxidation sites excluding steroid dienone is 2. The Morgan fingerprint density at radius 1 is 0.821 bits per heavy atom. The first-order valence-corrected chi connectivity index (χ1v) is 24.7. The van der Waals surface area contributed by atoms with E-state index in [2.05, 4.69) is 177 Å². The largest absolute Gasteiger partial charge is 3.00 e. The van der Waals surface area contributed by atoms with E-state index in [1.165, 1.54) is 72.3 Å². The molecule has 0 fully saturated rings. The maximum absolute atomic E-state index is 11.7. The van der Waals surface area contributed by atoms with Gasteiger partial charge in [0.05, 0.1) is 17.1 Å². The van der Waals surface area contributed by atoms with E-state index in [1.54, 1.807) is 6.34 Å². The quantitative estimate of drug-likeness (QED) is 0.0857. The molecule has 8 rings (SSSR count). The molecule has 0 saturated heterocycles. The molecule has 2 atom stereocenters. The van der Waals surface area contributed by atoms with Gasteiger partial charge in [-0.05, 0) is 100 Å². The molecule has 0 amide bonds. The Hall–Kier alpha value is -4.75. The maximum atomic E-state index is 11.7. The third-order valence-electron chi connectivity index (χ3n) is 13.1. The van der Waals surface area contributed by atoms with Crippen molar-refractivity contribution in [3.63, 3.8) is 0 Å². The van der Waals surface area contributed by atoms with E-state index in [1.807, 2.05) is 39.5 Å². The topological polar surface area (TPSA) is 68.5 Å². The molecule has 0 bridgehead atoms. The van der Waals surface area contributed by atoms with Crippen LogP contribution in [0.2, 0.25) is 0 Å². The van der Waals surface area contributed by atoms with Crippen LogP contribution in [0.15, 0.2) is 106 Å². The minimum atomic E-state index is 0. The van der Waals surface area contributed by atoms with E-state index in [0.29, 0.717) is 0 Å². The van der Waals surface area contributed by atoms with Crippen LogP contribution >= 0.6 is 11.8 Å². The van der Waals surface area contributed by atoms with E-state index in [-0.39, 0.29) is 60.2 Å². The average Bonchev–Trinajstić information content (AvgIpc) is 3.79. The van der Waals surface area contributed by atoms with Crippen molar-refractivity contribution in [3.8, 4) is 0 Å². The summed E-state index contributed by atoms with van der Waals surface area (Å²) in [5, 5.41) is 12.4. The Bertz CT molecular complexity index is 2640. The van der Waals surface area contributed by atoms with Gasteiger partial charge in [0.25, 0.3) is 0 Å². The Labute approximate surface area is 420 Å². The zero-order valence-electron chi connectivity index (χ0n) is 42.3. The molecule has 5 aromatic carbocycles. The summed E-state index contributed by atoms with van der Waals surface area (Å²) in [7, 11) is 2.07. The first-order chi connectivity index (χ1) is 31.4. The third-order valence-corrected chi connectivity index (χ3v) is 14.6. The summed E-state index contributed by atoms with van der Waals surface area (Å²) in [6.07, 6.45) is 6.67. The van der Waals surface area contributed by atoms with Gasteiger partial charge in [0.2, 0.25) is 0 Å². The predicted molar refractivity (Wildman–Crippen MR) is 285 cm³/mol. The van der Waals surface area contributed by atoms with Crippen molar-refractivity contribution in [1.82, 2.24) is 0 Å². The Morgan fingerprint density at radius 2 is 1.42 bits per heavy atom. The van der Waals surface area contributed by atoms with Crippen LogP contribution in [0.1, 0.15) is 126 Å². The molecule has 8 heteroatoms. The Morgan fingerprint density at radius 3 is 2.03 bits per heavy atom. The second kappa shape index (κ2) is 23.0. The molecular weight excluding hydrogens is 1020 g/mol. The van der Waals surface area contributed by atoms with Crippen LogP contribution in [-0.2, 0) is 30.3 Å². The summed E-state index contributed by atoms with van der Waals surface area (Å²) < 4.78 is 0. The second-order valence-corrected chi connectivity index (χ2v) is 20.4. The molecule has 67 heavy (non-hydrogen) atoms. The number of hydrogen-bond donors (Lipinski definition) is 1. The second-order valence-electron chi connectivity index (χ2n) is 19.2. The van der Waals surface area contributed by atoms with Crippen molar-refractivity contribution < 1.29 is 30.0 Å². The number of aliphatic hydroxyl groups excluding tert-OH is 1. The van der Waals surface area contributed by atoms with Gasteiger partial charge in [-0.1, -0.05) is 116 Å². The first kappa shape index (κ1) is 53.2. The number of benzene rings is 5. The standard InChI is InChI=1S/C30H31N2S.C16H16N2.C13H24O2.Ir/c1-17-12-18(2)25(19(3)13-17)28-20(4)26-29(33-28)27(32-16-31-26)22-14-21-10-8-9-11-23(21)24(15-22)30(5,6)7;1-12-8-13(2)10-14(9-12)18-11-17(3)15-6-4-5-7-16(15)18;1-5-10(6-2)12(14)9-13(15)11(7-3)8-4;/h8-13,15-16,26,29H,1-7H3;4-9,11H,1-3H3;9-11,14H,5-8H2,1-4H3;/q-1;-2;;+3/b;;12-9-;. The van der Waals surface area contributed by atoms with Crippen LogP contribution in [0.5, 0.6) is 0 Å². The zero-order chi connectivity index (χ0) is 48.0. The van der Waals surface area contributed by atoms with E-state index in [4.69, 9.17) is 9.98 Å². The number of para-hydroxylation sites is 2. The molecule has 1 N–H and O–H groups in total. The summed E-state index contributed by atoms with van der Waals surface area (Å²) >= 11 is 1.93. The number of aryl methyl sites for hydroxylation is 5. The molecule has 0 radical (unpaired) electrons. The van der Waals surface area contributed by atoms with Crippen LogP contribution in [0.3, 0.4) is 0 Å². The number of fused-ring (bicyclic) bond motifs is 3. The van der Waals surface area contributed by atoms with Gasteiger partial charge in [-0.25, -0.2) is 0 Å². The number of aliphatic hydroxyl groups is 1. The van der Waals surface area contributed by atoms with E-state index in [9.17, 15) is 9.90 Å². The molecule has 3 heterocycles. The van der Waals surface area contributed by atoms with Crippen molar-refractivity contribution >= 4 is 62.3 Å². The zero-order valence-corrected chi connectivity index (χ0v) is 45.5. The molecule has 3 aliphatic rings. The number of carbonyl (C=O) groups excluding carboxylic acids is 1. The average molecular weight is 1090 g/mol. The predicted octanol–water partition coefficient (Wildman–Crippen LogP) is 15.3. The van der Waals surface area contributed by atoms with Crippen LogP contribution in [0, 0.1) is 65.3 Å². The molecule has 2 unspecified atom stereocenters. The van der Waals surface area contributed by atoms with Crippen LogP contribution < -0.4 is 9.80 Å². The monoisotopic (exact) mass is 1090 g/mol. The first-order valence-electron chi connectivity index (χ1n) is 23.8. The molecule has 6 nitrogen and oxygen atoms in total. The number of nitrogens with zero attached hydrogens (tertiary/aromatic N) is 4. The van der Waals surface area contributed by atoms with Crippen molar-refractivity contribution in [1.29, 1.82) is 0 Å². The summed E-state index contributed by atoms with van der Waals surface area (Å²) in [6.45, 7) is 30.1. The third kappa shape index (κ3) is 12.1. The Kier molecular flexibility index (Phi) is 18.3. The van der Waals surface area contributed by atoms with E-state index < -0.39 is 0 Å². The van der Waals surface area contributed by atoms with Gasteiger partial charge in [-0.2, -0.15) is 29.9 Å². The molecule has 0 spiro atoms. The summed E-state index contributed by atoms with van der Waals surface area (Å²) in [5.41, 5.74) is 16.2. The fourth-order valence-electron chi connectivity index (χ4n) is 9.53. The number of thioether (sulfide) groups is 1. The van der Waals surface area contributed by atoms with Crippen molar-refractivity contribution in [2.75, 3.05) is 16.8 Å². The minimum Gasteiger partial charge on any atom is -0.512 e. The number of hydrogen-bond acceptors (Lipinski definition) is 7. The number of rotatable bonds is 10. The number of anilines is 3. The number of aliphatic imine (C=N–C) groups is 2. The van der Waals surface area contributed by atoms with Gasteiger partial charge in [0, 0.05) is 39.9 Å². The van der Waals surface area contributed by atoms with E-state index in [0.717, 1.165) is 48.0 Å². The normalized spacial score (nSPS) is 16.6. The maximum Gasteiger partial charge on any atom is 3.00 e. The fourth-order valence-corrected chi connectivity index (χ4v) is 11.2. The molecule has 0 aromatic heterocycles. The van der Waals surface area contributed by atoms with Crippen molar-refractivity contribution in [2.45, 2.75) is 132 Å². The summed E-state index contributed by atoms with van der Waals surface area (Å²) in [5.74, 6) is 0.547. The fraction of sp³-hybridized carbons (Fsp3) is 0.390. The molecule has 3 aliphatic heterocycles. The molecule has 354 valence electrons. The molecule has 0 aliphatic carbocycles. The van der Waals surface area contributed by atoms with Crippen LogP contribution in [0.4, 0.5) is 17.1 Å². The summed E-state index contributed by atoms with van der Waals surface area (Å²) in [6, 6.07) is 35.4. The van der Waals surface area contributed by atoms with E-state index >= 15 is 0 Å². The smallest absolute Gasteiger partial charge is 0.512 e. The summed E-state index contributed by atoms with van der Waals surface area (Å²) in [4.78, 5) is 27.1. The number of ketones is 1. The van der Waals surface area contributed by atoms with Crippen LogP contribution in [-0.4, -0.2) is 41.3 Å². The van der Waals surface area contributed by atoms with Gasteiger partial charge < -0.3 is 14.9 Å². The van der Waals surface area contributed by atoms with Gasteiger partial charge in [0.1, 0.15) is 6.34 Å². The van der Waals surface area contributed by atoms with Gasteiger partial charge in [-0.3, -0.25) is 14.8 Å². The molecule has 5 aromatic rings. The number of carbonyl (C=O) groups is 1. The molecule has 0 saturated carbocycles. The Balaban J connectivity index is 0.000000209. The van der Waals surface area contributed by atoms with Gasteiger partial charge in [-0.15, -0.1) is 58.2 Å². The minimum absolute atomic E-state index is 0. The van der Waals surface area contributed by atoms with Gasteiger partial charge in [0.15, 0.2) is 5.78 Å². The SMILES string of the molecule is CC1=C(c2c(C)cc(C)cc2C)SC2C(c3[c-]c4ccccc4c(C(C)(C)C)c3)=NC=NC12.CCC(CC)C(=O)/C=C(\O)C(CC)CC.Cc1[c-]c(N2[CH-]N(C)c3ccccc32)cc(C)c1.[Ir+3]. The van der Waals surface area contributed by atoms with Gasteiger partial charge >= 0.3 is 20.1 Å². The van der Waals surface area contributed by atoms with Crippen molar-refractivity contribution in [3.05, 3.63) is 160 Å². The molecular formula is C59H71IrN4O2S.